The minimum absolute atomic E-state index is 0.593. The van der Waals surface area contributed by atoms with Crippen LogP contribution in [0.1, 0.15) is 50.0 Å². The van der Waals surface area contributed by atoms with Gasteiger partial charge in [-0.3, -0.25) is 0 Å². The zero-order chi connectivity index (χ0) is 13.8. The van der Waals surface area contributed by atoms with Gasteiger partial charge in [0.15, 0.2) is 0 Å². The number of nitrogens with zero attached hydrogens (tertiary/aromatic N) is 3. The van der Waals surface area contributed by atoms with Crippen LogP contribution in [0.15, 0.2) is 4.47 Å². The topological polar surface area (TPSA) is 41.1 Å². The Hall–Kier alpha value is -0.680. The second-order valence-corrected chi connectivity index (χ2v) is 6.23. The second-order valence-electron chi connectivity index (χ2n) is 5.44. The minimum atomic E-state index is 0.593. The highest BCUT2D eigenvalue weighted by Crippen LogP contribution is 2.38. The molecule has 19 heavy (non-hydrogen) atoms. The summed E-state index contributed by atoms with van der Waals surface area (Å²) in [5.74, 6) is 2.44. The van der Waals surface area contributed by atoms with Gasteiger partial charge in [0.2, 0.25) is 0 Å². The van der Waals surface area contributed by atoms with Gasteiger partial charge < -0.3 is 10.2 Å². The van der Waals surface area contributed by atoms with Gasteiger partial charge in [-0.05, 0) is 49.8 Å². The Labute approximate surface area is 124 Å². The van der Waals surface area contributed by atoms with Gasteiger partial charge in [-0.15, -0.1) is 0 Å². The Balaban J connectivity index is 2.35. The fourth-order valence-electron chi connectivity index (χ4n) is 2.62. The van der Waals surface area contributed by atoms with E-state index >= 15 is 0 Å². The van der Waals surface area contributed by atoms with Crippen molar-refractivity contribution < 1.29 is 0 Å². The Morgan fingerprint density at radius 2 is 1.95 bits per heavy atom. The lowest BCUT2D eigenvalue weighted by molar-refractivity contribution is 0.389. The fraction of sp³-hybridized carbons (Fsp3) is 0.714. The third-order valence-corrected chi connectivity index (χ3v) is 4.25. The van der Waals surface area contributed by atoms with Crippen molar-refractivity contribution in [1.82, 2.24) is 14.9 Å². The lowest BCUT2D eigenvalue weighted by Gasteiger charge is -2.17. The summed E-state index contributed by atoms with van der Waals surface area (Å²) in [5, 5.41) is 3.34. The normalized spacial score (nSPS) is 16.3. The number of hydrogen-bond acceptors (Lipinski definition) is 4. The van der Waals surface area contributed by atoms with Crippen molar-refractivity contribution in [1.29, 1.82) is 0 Å². The first-order valence-corrected chi connectivity index (χ1v) is 7.86. The summed E-state index contributed by atoms with van der Waals surface area (Å²) in [7, 11) is 4.10. The van der Waals surface area contributed by atoms with Crippen molar-refractivity contribution in [3.63, 3.8) is 0 Å². The maximum atomic E-state index is 4.80. The highest BCUT2D eigenvalue weighted by molar-refractivity contribution is 9.10. The molecule has 4 nitrogen and oxygen atoms in total. The maximum absolute atomic E-state index is 4.80. The summed E-state index contributed by atoms with van der Waals surface area (Å²) in [6.07, 6.45) is 5.15. The molecule has 1 aliphatic rings. The van der Waals surface area contributed by atoms with Crippen molar-refractivity contribution in [3.05, 3.63) is 16.0 Å². The third-order valence-electron chi connectivity index (χ3n) is 3.47. The lowest BCUT2D eigenvalue weighted by Crippen LogP contribution is -2.16. The Bertz CT molecular complexity index is 428. The minimum Gasteiger partial charge on any atom is -0.369 e. The predicted octanol–water partition coefficient (Wildman–Crippen LogP) is 3.39. The van der Waals surface area contributed by atoms with E-state index in [1.54, 1.807) is 0 Å². The molecule has 1 N–H and O–H groups in total. The summed E-state index contributed by atoms with van der Waals surface area (Å²) in [6.45, 7) is 3.75. The number of aromatic nitrogens is 2. The zero-order valence-electron chi connectivity index (χ0n) is 12.0. The van der Waals surface area contributed by atoms with Crippen LogP contribution in [0.4, 0.5) is 5.82 Å². The van der Waals surface area contributed by atoms with Crippen LogP contribution in [-0.2, 0) is 6.54 Å². The fourth-order valence-corrected chi connectivity index (χ4v) is 3.26. The highest BCUT2D eigenvalue weighted by atomic mass is 79.9. The van der Waals surface area contributed by atoms with E-state index in [9.17, 15) is 0 Å². The quantitative estimate of drug-likeness (QED) is 0.900. The van der Waals surface area contributed by atoms with Crippen LogP contribution in [0.25, 0.3) is 0 Å². The number of halogens is 1. The number of anilines is 1. The molecule has 5 heteroatoms. The molecule has 0 saturated heterocycles. The molecule has 1 aromatic rings. The average molecular weight is 327 g/mol. The smallest absolute Gasteiger partial charge is 0.145 e. The lowest BCUT2D eigenvalue weighted by atomic mass is 10.0. The monoisotopic (exact) mass is 326 g/mol. The summed E-state index contributed by atoms with van der Waals surface area (Å²) >= 11 is 3.69. The van der Waals surface area contributed by atoms with Crippen LogP contribution in [-0.4, -0.2) is 35.5 Å². The van der Waals surface area contributed by atoms with Gasteiger partial charge in [0.25, 0.3) is 0 Å². The van der Waals surface area contributed by atoms with Gasteiger partial charge in [-0.25, -0.2) is 9.97 Å². The van der Waals surface area contributed by atoms with E-state index < -0.39 is 0 Å². The van der Waals surface area contributed by atoms with Crippen LogP contribution in [0.5, 0.6) is 0 Å². The standard InChI is InChI=1S/C14H23BrN4/c1-4-16-14-12(15)13(10-7-5-6-8-10)17-11(18-14)9-19(2)3/h10H,4-9H2,1-3H3,(H,16,17,18). The molecule has 0 radical (unpaired) electrons. The van der Waals surface area contributed by atoms with Crippen LogP contribution in [0, 0.1) is 0 Å². The van der Waals surface area contributed by atoms with Crippen LogP contribution in [0.3, 0.4) is 0 Å². The summed E-state index contributed by atoms with van der Waals surface area (Å²) < 4.78 is 1.06. The molecule has 1 fully saturated rings. The van der Waals surface area contributed by atoms with Gasteiger partial charge >= 0.3 is 0 Å². The van der Waals surface area contributed by atoms with Crippen molar-refractivity contribution in [2.45, 2.75) is 45.1 Å². The van der Waals surface area contributed by atoms with E-state index in [-0.39, 0.29) is 0 Å². The number of hydrogen-bond donors (Lipinski definition) is 1. The molecule has 2 rings (SSSR count). The van der Waals surface area contributed by atoms with Crippen molar-refractivity contribution in [2.24, 2.45) is 0 Å². The van der Waals surface area contributed by atoms with E-state index in [1.165, 1.54) is 31.4 Å². The van der Waals surface area contributed by atoms with Gasteiger partial charge in [0.05, 0.1) is 16.7 Å². The third kappa shape index (κ3) is 3.66. The highest BCUT2D eigenvalue weighted by Gasteiger charge is 2.23. The van der Waals surface area contributed by atoms with E-state index in [1.807, 2.05) is 14.1 Å². The van der Waals surface area contributed by atoms with Gasteiger partial charge in [0, 0.05) is 12.5 Å². The number of rotatable bonds is 5. The summed E-state index contributed by atoms with van der Waals surface area (Å²) in [5.41, 5.74) is 1.19. The van der Waals surface area contributed by atoms with E-state index in [0.717, 1.165) is 29.2 Å². The Morgan fingerprint density at radius 1 is 1.26 bits per heavy atom. The molecule has 1 aliphatic carbocycles. The van der Waals surface area contributed by atoms with Crippen molar-refractivity contribution in [3.8, 4) is 0 Å². The molecular weight excluding hydrogens is 304 g/mol. The molecule has 0 aromatic carbocycles. The molecule has 0 aliphatic heterocycles. The predicted molar refractivity (Wildman–Crippen MR) is 82.5 cm³/mol. The SMILES string of the molecule is CCNc1nc(CN(C)C)nc(C2CCCC2)c1Br. The maximum Gasteiger partial charge on any atom is 0.145 e. The second kappa shape index (κ2) is 6.66. The van der Waals surface area contributed by atoms with Crippen molar-refractivity contribution in [2.75, 3.05) is 26.0 Å². The van der Waals surface area contributed by atoms with Crippen molar-refractivity contribution >= 4 is 21.7 Å². The molecule has 0 bridgehead atoms. The molecule has 1 saturated carbocycles. The molecule has 1 aromatic heterocycles. The van der Waals surface area contributed by atoms with Crippen LogP contribution in [0.2, 0.25) is 0 Å². The van der Waals surface area contributed by atoms with E-state index in [2.05, 4.69) is 38.1 Å². The summed E-state index contributed by atoms with van der Waals surface area (Å²) in [6, 6.07) is 0. The first-order chi connectivity index (χ1) is 9.11. The number of nitrogens with one attached hydrogen (secondary N) is 1. The molecule has 0 amide bonds. The first-order valence-electron chi connectivity index (χ1n) is 7.06. The Morgan fingerprint density at radius 3 is 2.53 bits per heavy atom. The molecule has 106 valence electrons. The van der Waals surface area contributed by atoms with Crippen LogP contribution >= 0.6 is 15.9 Å². The van der Waals surface area contributed by atoms with E-state index in [0.29, 0.717) is 5.92 Å². The van der Waals surface area contributed by atoms with Crippen LogP contribution < -0.4 is 5.32 Å². The zero-order valence-corrected chi connectivity index (χ0v) is 13.6. The largest absolute Gasteiger partial charge is 0.369 e. The molecule has 0 unspecified atom stereocenters. The first kappa shape index (κ1) is 14.7. The molecular formula is C14H23BrN4. The average Bonchev–Trinajstić information content (AvgIpc) is 2.86. The van der Waals surface area contributed by atoms with Gasteiger partial charge in [-0.2, -0.15) is 0 Å². The molecule has 1 heterocycles. The van der Waals surface area contributed by atoms with Gasteiger partial charge in [0.1, 0.15) is 11.6 Å². The van der Waals surface area contributed by atoms with E-state index in [4.69, 9.17) is 4.98 Å². The van der Waals surface area contributed by atoms with Gasteiger partial charge in [-0.1, -0.05) is 12.8 Å². The molecule has 0 atom stereocenters. The molecule has 0 spiro atoms. The summed E-state index contributed by atoms with van der Waals surface area (Å²) in [4.78, 5) is 11.5. The Kier molecular flexibility index (Phi) is 5.16.